The molecule has 1 N–H and O–H groups in total. The fourth-order valence-corrected chi connectivity index (χ4v) is 13.2. The van der Waals surface area contributed by atoms with Gasteiger partial charge in [-0.15, -0.1) is 0 Å². The number of aliphatic hydroxyl groups is 1. The lowest BCUT2D eigenvalue weighted by molar-refractivity contribution is -0.150. The van der Waals surface area contributed by atoms with Gasteiger partial charge in [0, 0.05) is 12.3 Å². The molecule has 0 saturated carbocycles. The second-order valence-electron chi connectivity index (χ2n) is 14.7. The minimum absolute atomic E-state index is 0.0252. The molecule has 6 atom stereocenters. The van der Waals surface area contributed by atoms with Crippen LogP contribution < -0.4 is 4.74 Å². The topological polar surface area (TPSA) is 91.3 Å². The molecule has 2 rings (SSSR count). The van der Waals surface area contributed by atoms with Crippen LogP contribution in [-0.4, -0.2) is 56.7 Å². The zero-order valence-corrected chi connectivity index (χ0v) is 34.6. The zero-order valence-electron chi connectivity index (χ0n) is 31.4. The molecule has 0 amide bonds. The lowest BCUT2D eigenvalue weighted by atomic mass is 9.95. The summed E-state index contributed by atoms with van der Waals surface area (Å²) in [6.07, 6.45) is 11.4. The van der Waals surface area contributed by atoms with Crippen LogP contribution in [0.25, 0.3) is 0 Å². The Balaban J connectivity index is 2.33. The quantitative estimate of drug-likeness (QED) is 0.109. The first-order chi connectivity index (χ1) is 23.2. The Hall–Kier alpha value is -1.79. The van der Waals surface area contributed by atoms with Crippen LogP contribution in [0.3, 0.4) is 0 Å². The highest BCUT2D eigenvalue weighted by molar-refractivity contribution is 14.1. The second-order valence-corrected chi connectivity index (χ2v) is 20.8. The molecule has 1 aromatic rings. The number of rotatable bonds is 10. The number of methoxy groups -OCH3 is 1. The minimum atomic E-state index is -2.29. The van der Waals surface area contributed by atoms with E-state index in [-0.39, 0.29) is 36.2 Å². The molecular weight excluding hydrogens is 747 g/mol. The number of hydrogen-bond donors (Lipinski definition) is 1. The Morgan fingerprint density at radius 1 is 0.980 bits per heavy atom. The molecule has 1 aliphatic rings. The molecule has 9 heteroatoms. The molecule has 0 aromatic heterocycles. The van der Waals surface area contributed by atoms with Crippen LogP contribution in [0.1, 0.15) is 106 Å². The number of halogens is 1. The summed E-state index contributed by atoms with van der Waals surface area (Å²) in [6, 6.07) is 7.89. The summed E-state index contributed by atoms with van der Waals surface area (Å²) < 4.78 is 26.6. The van der Waals surface area contributed by atoms with E-state index in [2.05, 4.69) is 83.2 Å². The Bertz CT molecular complexity index is 1190. The predicted molar refractivity (Wildman–Crippen MR) is 210 cm³/mol. The number of hydrogen-bond acceptors (Lipinski definition) is 7. The van der Waals surface area contributed by atoms with Gasteiger partial charge in [-0.1, -0.05) is 108 Å². The number of esters is 1. The minimum Gasteiger partial charge on any atom is -0.497 e. The van der Waals surface area contributed by atoms with Gasteiger partial charge in [-0.05, 0) is 88.6 Å². The van der Waals surface area contributed by atoms with Crippen molar-refractivity contribution in [2.24, 2.45) is 11.8 Å². The average molecular weight is 811 g/mol. The highest BCUT2D eigenvalue weighted by atomic mass is 127. The van der Waals surface area contributed by atoms with Gasteiger partial charge in [-0.2, -0.15) is 0 Å². The number of ether oxygens (including phenoxy) is 3. The van der Waals surface area contributed by atoms with Gasteiger partial charge in [0.05, 0.1) is 38.4 Å². The van der Waals surface area contributed by atoms with Crippen molar-refractivity contribution in [1.82, 2.24) is 0 Å². The van der Waals surface area contributed by atoms with Gasteiger partial charge < -0.3 is 23.7 Å². The molecule has 7 nitrogen and oxygen atoms in total. The molecule has 0 spiro atoms. The lowest BCUT2D eigenvalue weighted by Crippen LogP contribution is -2.50. The van der Waals surface area contributed by atoms with Crippen LogP contribution in [0.15, 0.2) is 58.7 Å². The molecule has 0 bridgehead atoms. The fourth-order valence-electron chi connectivity index (χ4n) is 7.17. The number of cyclic esters (lactones) is 1. The van der Waals surface area contributed by atoms with Crippen LogP contribution in [0.5, 0.6) is 5.75 Å². The molecule has 1 heterocycles. The molecule has 0 saturated heterocycles. The van der Waals surface area contributed by atoms with E-state index in [1.807, 2.05) is 47.4 Å². The van der Waals surface area contributed by atoms with Crippen LogP contribution in [0.2, 0.25) is 16.6 Å². The molecule has 276 valence electrons. The van der Waals surface area contributed by atoms with Crippen molar-refractivity contribution in [3.63, 3.8) is 0 Å². The Kier molecular flexibility index (Phi) is 19.7. The first kappa shape index (κ1) is 43.4. The largest absolute Gasteiger partial charge is 0.497 e. The molecular formula is C40H63IO7Si. The first-order valence-electron chi connectivity index (χ1n) is 18.2. The summed E-state index contributed by atoms with van der Waals surface area (Å²) in [5, 5.41) is 11.1. The molecule has 0 aliphatic carbocycles. The van der Waals surface area contributed by atoms with Gasteiger partial charge in [0.25, 0.3) is 0 Å². The molecule has 0 radical (unpaired) electrons. The number of allylic oxidation sites excluding steroid dienone is 2. The van der Waals surface area contributed by atoms with Crippen molar-refractivity contribution in [1.29, 1.82) is 0 Å². The predicted octanol–water partition coefficient (Wildman–Crippen LogP) is 10.1. The maximum absolute atomic E-state index is 13.1. The van der Waals surface area contributed by atoms with Crippen molar-refractivity contribution in [3.8, 4) is 5.75 Å². The van der Waals surface area contributed by atoms with Gasteiger partial charge >= 0.3 is 5.97 Å². The molecule has 1 aliphatic heterocycles. The van der Waals surface area contributed by atoms with Gasteiger partial charge in [-0.3, -0.25) is 9.59 Å². The van der Waals surface area contributed by atoms with Crippen molar-refractivity contribution in [3.05, 3.63) is 64.3 Å². The summed E-state index contributed by atoms with van der Waals surface area (Å²) in [4.78, 5) is 26.2. The van der Waals surface area contributed by atoms with Gasteiger partial charge in [-0.25, -0.2) is 0 Å². The number of carbonyl (C=O) groups is 2. The zero-order chi connectivity index (χ0) is 36.6. The lowest BCUT2D eigenvalue weighted by Gasteiger charge is -2.45. The van der Waals surface area contributed by atoms with Crippen molar-refractivity contribution in [2.45, 2.75) is 148 Å². The van der Waals surface area contributed by atoms with E-state index in [4.69, 9.17) is 18.6 Å². The van der Waals surface area contributed by atoms with E-state index >= 15 is 0 Å². The van der Waals surface area contributed by atoms with Gasteiger partial charge in [0.15, 0.2) is 5.78 Å². The average Bonchev–Trinajstić information content (AvgIpc) is 3.03. The van der Waals surface area contributed by atoms with Crippen molar-refractivity contribution >= 4 is 42.7 Å². The van der Waals surface area contributed by atoms with Crippen molar-refractivity contribution in [2.75, 3.05) is 7.11 Å². The monoisotopic (exact) mass is 810 g/mol. The maximum atomic E-state index is 13.1. The van der Waals surface area contributed by atoms with Crippen LogP contribution in [-0.2, 0) is 30.1 Å². The number of carbonyl (C=O) groups excluding carboxylic acids is 2. The third-order valence-corrected chi connectivity index (χ3v) is 16.3. The summed E-state index contributed by atoms with van der Waals surface area (Å²) in [6.45, 7) is 18.1. The second kappa shape index (κ2) is 22.2. The Morgan fingerprint density at radius 3 is 2.22 bits per heavy atom. The highest BCUT2D eigenvalue weighted by Gasteiger charge is 2.46. The van der Waals surface area contributed by atoms with E-state index < -0.39 is 26.5 Å². The standard InChI is InChI=1S/C40H63IO7Si/c1-28(2)49(29(3)4,30(5)6)48-38-15-11-13-34(42)12-10-14-37(46-27-33-18-20-36(45-9)21-19-33)24-31(7)16-17-32(8)39(22-23-41)47-40(44)26-35(43)25-38/h11,13,16-23,28-32,35,37-39,43H,10,12,14-15,24-27H2,1-9H3/b13-11+,17-16+,23-22+/t31-,32-,35-,37+,38+,39-/m0/s1. The van der Waals surface area contributed by atoms with E-state index in [0.29, 0.717) is 42.5 Å². The summed E-state index contributed by atoms with van der Waals surface area (Å²) in [7, 11) is -0.635. The Labute approximate surface area is 311 Å². The molecule has 0 unspecified atom stereocenters. The SMILES string of the molecule is COc1ccc(CO[C@@H]2CCCC(=O)/C=C/C[C@@H](O[Si](C(C)C)(C(C)C)C(C)C)C[C@H](O)CC(=O)O[C@@H](/C=C/I)[C@@H](C)/C=C/[C@H](C)C2)cc1. The normalized spacial score (nSPS) is 27.4. The third-order valence-electron chi connectivity index (χ3n) is 9.74. The summed E-state index contributed by atoms with van der Waals surface area (Å²) >= 11 is 2.14. The number of benzene rings is 1. The van der Waals surface area contributed by atoms with Gasteiger partial charge in [0.1, 0.15) is 11.9 Å². The fraction of sp³-hybridized carbons (Fsp3) is 0.650. The molecule has 0 fully saturated rings. The Morgan fingerprint density at radius 2 is 1.63 bits per heavy atom. The van der Waals surface area contributed by atoms with Gasteiger partial charge in [0.2, 0.25) is 8.32 Å². The number of aliphatic hydroxyl groups excluding tert-OH is 1. The van der Waals surface area contributed by atoms with Crippen LogP contribution >= 0.6 is 22.6 Å². The number of ketones is 1. The van der Waals surface area contributed by atoms with E-state index in [1.165, 1.54) is 0 Å². The first-order valence-corrected chi connectivity index (χ1v) is 21.5. The van der Waals surface area contributed by atoms with Crippen molar-refractivity contribution < 1.29 is 33.3 Å². The molecule has 1 aromatic carbocycles. The van der Waals surface area contributed by atoms with E-state index in [0.717, 1.165) is 30.6 Å². The smallest absolute Gasteiger partial charge is 0.309 e. The van der Waals surface area contributed by atoms with E-state index in [9.17, 15) is 14.7 Å². The van der Waals surface area contributed by atoms with E-state index in [1.54, 1.807) is 13.2 Å². The molecule has 49 heavy (non-hydrogen) atoms. The van der Waals surface area contributed by atoms with Crippen LogP contribution in [0, 0.1) is 11.8 Å². The third kappa shape index (κ3) is 14.8. The summed E-state index contributed by atoms with van der Waals surface area (Å²) in [5.41, 5.74) is 2.15. The highest BCUT2D eigenvalue weighted by Crippen LogP contribution is 2.44. The maximum Gasteiger partial charge on any atom is 0.309 e. The summed E-state index contributed by atoms with van der Waals surface area (Å²) in [5.74, 6) is 0.588. The van der Waals surface area contributed by atoms with Crippen LogP contribution in [0.4, 0.5) is 0 Å².